The van der Waals surface area contributed by atoms with E-state index in [0.29, 0.717) is 0 Å². The average Bonchev–Trinajstić information content (AvgIpc) is 2.45. The van der Waals surface area contributed by atoms with Gasteiger partial charge in [0, 0.05) is 16.7 Å². The Bertz CT molecular complexity index is 603. The van der Waals surface area contributed by atoms with Crippen LogP contribution in [0, 0.1) is 6.92 Å². The Labute approximate surface area is 122 Å². The number of rotatable bonds is 5. The van der Waals surface area contributed by atoms with Gasteiger partial charge in [-0.25, -0.2) is 4.79 Å². The Morgan fingerprint density at radius 2 is 1.75 bits per heavy atom. The third-order valence-electron chi connectivity index (χ3n) is 2.64. The first-order chi connectivity index (χ1) is 9.63. The minimum atomic E-state index is -0.942. The molecule has 0 amide bonds. The first-order valence-electron chi connectivity index (χ1n) is 6.14. The minimum Gasteiger partial charge on any atom is -0.478 e. The molecule has 0 bridgehead atoms. The molecule has 0 spiro atoms. The van der Waals surface area contributed by atoms with Crippen LogP contribution >= 0.6 is 11.9 Å². The molecule has 0 atom stereocenters. The summed E-state index contributed by atoms with van der Waals surface area (Å²) in [6, 6.07) is 15.9. The van der Waals surface area contributed by atoms with Crippen LogP contribution in [0.15, 0.2) is 59.5 Å². The van der Waals surface area contributed by atoms with Gasteiger partial charge in [-0.2, -0.15) is 0 Å². The zero-order valence-corrected chi connectivity index (χ0v) is 11.9. The maximum atomic E-state index is 10.4. The first-order valence-corrected chi connectivity index (χ1v) is 6.96. The maximum Gasteiger partial charge on any atom is 0.328 e. The molecular formula is C16H15NO2S. The fraction of sp³-hybridized carbons (Fsp3) is 0.0625. The van der Waals surface area contributed by atoms with Crippen molar-refractivity contribution in [2.45, 2.75) is 11.8 Å². The molecule has 2 N–H and O–H groups in total. The average molecular weight is 285 g/mol. The lowest BCUT2D eigenvalue weighted by atomic mass is 10.2. The van der Waals surface area contributed by atoms with Crippen LogP contribution < -0.4 is 4.72 Å². The molecule has 0 aliphatic rings. The zero-order valence-electron chi connectivity index (χ0n) is 11.0. The minimum absolute atomic E-state index is 0.860. The lowest BCUT2D eigenvalue weighted by Crippen LogP contribution is -1.88. The van der Waals surface area contributed by atoms with Gasteiger partial charge in [-0.05, 0) is 54.8 Å². The Balaban J connectivity index is 1.93. The molecule has 2 aromatic rings. The molecular weight excluding hydrogens is 270 g/mol. The monoisotopic (exact) mass is 285 g/mol. The quantitative estimate of drug-likeness (QED) is 0.638. The highest BCUT2D eigenvalue weighted by Crippen LogP contribution is 2.21. The highest BCUT2D eigenvalue weighted by Gasteiger charge is 1.96. The summed E-state index contributed by atoms with van der Waals surface area (Å²) in [6.07, 6.45) is 2.70. The number of nitrogens with one attached hydrogen (secondary N) is 1. The van der Waals surface area contributed by atoms with Gasteiger partial charge in [-0.1, -0.05) is 29.8 Å². The fourth-order valence-corrected chi connectivity index (χ4v) is 2.20. The van der Waals surface area contributed by atoms with Crippen molar-refractivity contribution in [3.63, 3.8) is 0 Å². The molecule has 2 aromatic carbocycles. The van der Waals surface area contributed by atoms with Crippen molar-refractivity contribution in [3.05, 3.63) is 65.7 Å². The van der Waals surface area contributed by atoms with E-state index in [9.17, 15) is 4.79 Å². The number of aliphatic carboxylic acids is 1. The predicted octanol–water partition coefficient (Wildman–Crippen LogP) is 4.21. The number of anilines is 1. The lowest BCUT2D eigenvalue weighted by Gasteiger charge is -2.06. The molecule has 0 aliphatic heterocycles. The van der Waals surface area contributed by atoms with E-state index in [0.717, 1.165) is 22.2 Å². The molecule has 0 aliphatic carbocycles. The molecule has 2 rings (SSSR count). The number of hydrogen-bond donors (Lipinski definition) is 2. The standard InChI is InChI=1S/C16H15NO2S/c1-12-2-9-15(10-3-12)20-17-14-7-4-13(5-8-14)6-11-16(18)19/h2-11,17H,1H3,(H,18,19)/b11-6+. The smallest absolute Gasteiger partial charge is 0.328 e. The Kier molecular flexibility index (Phi) is 4.85. The summed E-state index contributed by atoms with van der Waals surface area (Å²) >= 11 is 1.54. The van der Waals surface area contributed by atoms with Gasteiger partial charge >= 0.3 is 5.97 Å². The summed E-state index contributed by atoms with van der Waals surface area (Å²) < 4.78 is 3.25. The van der Waals surface area contributed by atoms with Crippen LogP contribution in [0.1, 0.15) is 11.1 Å². The Hall–Kier alpha value is -2.20. The highest BCUT2D eigenvalue weighted by molar-refractivity contribution is 8.00. The summed E-state index contributed by atoms with van der Waals surface area (Å²) in [5.74, 6) is -0.942. The number of hydrogen-bond acceptors (Lipinski definition) is 3. The summed E-state index contributed by atoms with van der Waals surface area (Å²) in [4.78, 5) is 11.6. The molecule has 3 nitrogen and oxygen atoms in total. The van der Waals surface area contributed by atoms with E-state index < -0.39 is 5.97 Å². The number of aryl methyl sites for hydroxylation is 1. The number of carboxylic acid groups (broad SMARTS) is 1. The summed E-state index contributed by atoms with van der Waals surface area (Å²) in [5, 5.41) is 8.56. The van der Waals surface area contributed by atoms with Crippen LogP contribution in [0.5, 0.6) is 0 Å². The van der Waals surface area contributed by atoms with E-state index >= 15 is 0 Å². The van der Waals surface area contributed by atoms with Gasteiger partial charge in [0.25, 0.3) is 0 Å². The van der Waals surface area contributed by atoms with Crippen LogP contribution in [0.2, 0.25) is 0 Å². The lowest BCUT2D eigenvalue weighted by molar-refractivity contribution is -0.131. The van der Waals surface area contributed by atoms with Crippen LogP contribution in [-0.2, 0) is 4.79 Å². The van der Waals surface area contributed by atoms with Gasteiger partial charge < -0.3 is 9.83 Å². The van der Waals surface area contributed by atoms with Gasteiger partial charge in [0.2, 0.25) is 0 Å². The second kappa shape index (κ2) is 6.82. The van der Waals surface area contributed by atoms with Crippen molar-refractivity contribution in [2.24, 2.45) is 0 Å². The number of benzene rings is 2. The van der Waals surface area contributed by atoms with Gasteiger partial charge in [-0.15, -0.1) is 0 Å². The van der Waals surface area contributed by atoms with Gasteiger partial charge in [0.1, 0.15) is 0 Å². The van der Waals surface area contributed by atoms with Crippen LogP contribution in [0.25, 0.3) is 6.08 Å². The SMILES string of the molecule is Cc1ccc(SNc2ccc(/C=C/C(=O)O)cc2)cc1. The van der Waals surface area contributed by atoms with Crippen LogP contribution in [0.3, 0.4) is 0 Å². The largest absolute Gasteiger partial charge is 0.478 e. The second-order valence-electron chi connectivity index (χ2n) is 4.31. The third-order valence-corrected chi connectivity index (χ3v) is 3.48. The normalized spacial score (nSPS) is 10.7. The number of carboxylic acids is 1. The van der Waals surface area contributed by atoms with E-state index in [4.69, 9.17) is 5.11 Å². The highest BCUT2D eigenvalue weighted by atomic mass is 32.2. The topological polar surface area (TPSA) is 49.3 Å². The van der Waals surface area contributed by atoms with Crippen molar-refractivity contribution in [1.29, 1.82) is 0 Å². The molecule has 20 heavy (non-hydrogen) atoms. The van der Waals surface area contributed by atoms with Crippen molar-refractivity contribution < 1.29 is 9.90 Å². The molecule has 0 aromatic heterocycles. The van der Waals surface area contributed by atoms with Crippen molar-refractivity contribution in [3.8, 4) is 0 Å². The predicted molar refractivity (Wildman–Crippen MR) is 83.8 cm³/mol. The van der Waals surface area contributed by atoms with E-state index in [2.05, 4.69) is 35.9 Å². The molecule has 0 saturated heterocycles. The van der Waals surface area contributed by atoms with E-state index in [1.54, 1.807) is 18.0 Å². The first kappa shape index (κ1) is 14.2. The van der Waals surface area contributed by atoms with Crippen molar-refractivity contribution in [1.82, 2.24) is 0 Å². The fourth-order valence-electron chi connectivity index (χ4n) is 1.55. The summed E-state index contributed by atoms with van der Waals surface area (Å²) in [6.45, 7) is 2.06. The van der Waals surface area contributed by atoms with Gasteiger partial charge in [0.15, 0.2) is 0 Å². The second-order valence-corrected chi connectivity index (χ2v) is 5.19. The molecule has 0 unspecified atom stereocenters. The number of carbonyl (C=O) groups is 1. The maximum absolute atomic E-state index is 10.4. The van der Waals surface area contributed by atoms with E-state index in [1.165, 1.54) is 5.56 Å². The molecule has 4 heteroatoms. The Morgan fingerprint density at radius 1 is 1.10 bits per heavy atom. The molecule has 0 heterocycles. The van der Waals surface area contributed by atoms with E-state index in [-0.39, 0.29) is 0 Å². The van der Waals surface area contributed by atoms with Gasteiger partial charge in [0.05, 0.1) is 0 Å². The zero-order chi connectivity index (χ0) is 14.4. The van der Waals surface area contributed by atoms with Crippen molar-refractivity contribution in [2.75, 3.05) is 4.72 Å². The van der Waals surface area contributed by atoms with Crippen LogP contribution in [0.4, 0.5) is 5.69 Å². The van der Waals surface area contributed by atoms with Crippen LogP contribution in [-0.4, -0.2) is 11.1 Å². The summed E-state index contributed by atoms with van der Waals surface area (Å²) in [7, 11) is 0. The molecule has 0 fully saturated rings. The molecule has 102 valence electrons. The van der Waals surface area contributed by atoms with Crippen molar-refractivity contribution >= 4 is 29.7 Å². The third kappa shape index (κ3) is 4.48. The van der Waals surface area contributed by atoms with Gasteiger partial charge in [-0.3, -0.25) is 0 Å². The van der Waals surface area contributed by atoms with E-state index in [1.807, 2.05) is 24.3 Å². The Morgan fingerprint density at radius 3 is 2.35 bits per heavy atom. The summed E-state index contributed by atoms with van der Waals surface area (Å²) in [5.41, 5.74) is 3.07. The molecule has 0 radical (unpaired) electrons. The molecule has 0 saturated carbocycles.